The van der Waals surface area contributed by atoms with Crippen LogP contribution in [0.3, 0.4) is 0 Å². The fraction of sp³-hybridized carbons (Fsp3) is 0.368. The molecule has 4 rings (SSSR count). The molecule has 1 atom stereocenters. The lowest BCUT2D eigenvalue weighted by Gasteiger charge is -2.24. The van der Waals surface area contributed by atoms with E-state index in [-0.39, 0.29) is 31.4 Å². The largest absolute Gasteiger partial charge is 0.454 e. The average molecular weight is 399 g/mol. The van der Waals surface area contributed by atoms with E-state index in [1.165, 1.54) is 4.90 Å². The summed E-state index contributed by atoms with van der Waals surface area (Å²) >= 11 is 0. The number of nitrogens with zero attached hydrogens (tertiary/aromatic N) is 3. The van der Waals surface area contributed by atoms with Crippen LogP contribution in [0.25, 0.3) is 0 Å². The van der Waals surface area contributed by atoms with Gasteiger partial charge in [0.15, 0.2) is 17.2 Å². The zero-order valence-corrected chi connectivity index (χ0v) is 15.9. The Morgan fingerprint density at radius 1 is 1.21 bits per heavy atom. The number of carbonyl (C=O) groups excluding carboxylic acids is 3. The fourth-order valence-electron chi connectivity index (χ4n) is 3.37. The van der Waals surface area contributed by atoms with E-state index in [9.17, 15) is 14.4 Å². The maximum absolute atomic E-state index is 12.6. The maximum Gasteiger partial charge on any atom is 0.290 e. The lowest BCUT2D eigenvalue weighted by Crippen LogP contribution is -2.50. The lowest BCUT2D eigenvalue weighted by molar-refractivity contribution is -0.136. The first-order valence-corrected chi connectivity index (χ1v) is 9.37. The van der Waals surface area contributed by atoms with Gasteiger partial charge in [-0.2, -0.15) is 5.10 Å². The van der Waals surface area contributed by atoms with Crippen molar-refractivity contribution in [3.63, 3.8) is 0 Å². The molecule has 1 unspecified atom stereocenters. The number of fused-ring (bicyclic) bond motifs is 1. The van der Waals surface area contributed by atoms with Crippen molar-refractivity contribution in [1.29, 1.82) is 0 Å². The molecular formula is C19H21N5O5. The molecule has 0 bridgehead atoms. The first-order chi connectivity index (χ1) is 14.0. The van der Waals surface area contributed by atoms with Crippen molar-refractivity contribution in [2.75, 3.05) is 6.79 Å². The van der Waals surface area contributed by atoms with Crippen LogP contribution < -0.4 is 20.3 Å². The van der Waals surface area contributed by atoms with E-state index in [0.717, 1.165) is 5.56 Å². The maximum atomic E-state index is 12.6. The Balaban J connectivity index is 1.38. The highest BCUT2D eigenvalue weighted by atomic mass is 16.7. The van der Waals surface area contributed by atoms with E-state index >= 15 is 0 Å². The van der Waals surface area contributed by atoms with E-state index in [2.05, 4.69) is 16.0 Å². The third-order valence-electron chi connectivity index (χ3n) is 4.92. The summed E-state index contributed by atoms with van der Waals surface area (Å²) in [5, 5.41) is 4.08. The number of amides is 3. The molecule has 1 saturated heterocycles. The van der Waals surface area contributed by atoms with Crippen LogP contribution in [-0.4, -0.2) is 45.2 Å². The van der Waals surface area contributed by atoms with Gasteiger partial charge in [-0.25, -0.2) is 0 Å². The van der Waals surface area contributed by atoms with Gasteiger partial charge < -0.3 is 14.4 Å². The van der Waals surface area contributed by atoms with Crippen molar-refractivity contribution >= 4 is 17.7 Å². The molecule has 2 aliphatic rings. The molecule has 0 spiro atoms. The number of aryl methyl sites for hydroxylation is 1. The SMILES string of the molecule is CCn1ccc(C(=O)NNC(=O)C2CCC(=O)N2Cc2ccc3c(c2)OCO3)n1. The molecule has 1 aromatic heterocycles. The quantitative estimate of drug-likeness (QED) is 0.711. The van der Waals surface area contributed by atoms with Crippen LogP contribution in [0, 0.1) is 0 Å². The predicted molar refractivity (Wildman–Crippen MR) is 99.6 cm³/mol. The van der Waals surface area contributed by atoms with Gasteiger partial charge in [0.05, 0.1) is 0 Å². The van der Waals surface area contributed by atoms with E-state index in [4.69, 9.17) is 9.47 Å². The summed E-state index contributed by atoms with van der Waals surface area (Å²) in [6.45, 7) is 2.98. The minimum Gasteiger partial charge on any atom is -0.454 e. The Kier molecular flexibility index (Phi) is 5.07. The number of nitrogens with one attached hydrogen (secondary N) is 2. The minimum absolute atomic E-state index is 0.115. The summed E-state index contributed by atoms with van der Waals surface area (Å²) in [7, 11) is 0. The molecule has 1 fully saturated rings. The van der Waals surface area contributed by atoms with Crippen LogP contribution in [0.4, 0.5) is 0 Å². The standard InChI is InChI=1S/C19H21N5O5/c1-2-23-8-7-13(22-23)18(26)20-21-19(27)14-4-6-17(25)24(14)10-12-3-5-15-16(9-12)29-11-28-15/h3,5,7-9,14H,2,4,6,10-11H2,1H3,(H,20,26)(H,21,27). The van der Waals surface area contributed by atoms with E-state index in [0.29, 0.717) is 24.5 Å². The van der Waals surface area contributed by atoms with Gasteiger partial charge in [0, 0.05) is 25.7 Å². The third kappa shape index (κ3) is 3.86. The van der Waals surface area contributed by atoms with Crippen LogP contribution in [0.2, 0.25) is 0 Å². The van der Waals surface area contributed by atoms with Gasteiger partial charge in [-0.05, 0) is 37.1 Å². The first-order valence-electron chi connectivity index (χ1n) is 9.37. The number of ether oxygens (including phenoxy) is 2. The number of hydrogen-bond acceptors (Lipinski definition) is 6. The van der Waals surface area contributed by atoms with Gasteiger partial charge in [-0.15, -0.1) is 0 Å². The summed E-state index contributed by atoms with van der Waals surface area (Å²) in [4.78, 5) is 38.5. The highest BCUT2D eigenvalue weighted by Gasteiger charge is 2.36. The zero-order chi connectivity index (χ0) is 20.4. The molecule has 2 aliphatic heterocycles. The number of rotatable bonds is 5. The van der Waals surface area contributed by atoms with Crippen molar-refractivity contribution in [3.8, 4) is 11.5 Å². The molecule has 2 aromatic rings. The van der Waals surface area contributed by atoms with Gasteiger partial charge in [-0.1, -0.05) is 6.07 Å². The van der Waals surface area contributed by atoms with E-state index < -0.39 is 17.9 Å². The zero-order valence-electron chi connectivity index (χ0n) is 15.9. The van der Waals surface area contributed by atoms with Crippen LogP contribution in [0.5, 0.6) is 11.5 Å². The number of benzene rings is 1. The number of carbonyl (C=O) groups is 3. The van der Waals surface area contributed by atoms with Crippen molar-refractivity contribution in [1.82, 2.24) is 25.5 Å². The number of hydrogen-bond donors (Lipinski definition) is 2. The predicted octanol–water partition coefficient (Wildman–Crippen LogP) is 0.584. The first kappa shape index (κ1) is 18.8. The van der Waals surface area contributed by atoms with Crippen molar-refractivity contribution in [3.05, 3.63) is 41.7 Å². The molecule has 0 aliphatic carbocycles. The second-order valence-electron chi connectivity index (χ2n) is 6.76. The number of likely N-dealkylation sites (tertiary alicyclic amines) is 1. The Bertz CT molecular complexity index is 956. The van der Waals surface area contributed by atoms with E-state index in [1.807, 2.05) is 13.0 Å². The lowest BCUT2D eigenvalue weighted by atomic mass is 10.1. The minimum atomic E-state index is -0.665. The van der Waals surface area contributed by atoms with E-state index in [1.54, 1.807) is 29.1 Å². The van der Waals surface area contributed by atoms with Crippen LogP contribution in [0.15, 0.2) is 30.5 Å². The number of aromatic nitrogens is 2. The molecule has 3 amide bonds. The van der Waals surface area contributed by atoms with Gasteiger partial charge in [-0.3, -0.25) is 29.9 Å². The molecule has 0 saturated carbocycles. The Morgan fingerprint density at radius 2 is 2.03 bits per heavy atom. The number of hydrazine groups is 1. The molecule has 3 heterocycles. The van der Waals surface area contributed by atoms with Crippen molar-refractivity contribution < 1.29 is 23.9 Å². The summed E-state index contributed by atoms with van der Waals surface area (Å²) in [6, 6.07) is 6.31. The molecule has 10 heteroatoms. The normalized spacial score (nSPS) is 17.5. The second kappa shape index (κ2) is 7.82. The molecule has 1 aromatic carbocycles. The summed E-state index contributed by atoms with van der Waals surface area (Å²) in [5.74, 6) is 0.200. The van der Waals surface area contributed by atoms with Gasteiger partial charge in [0.1, 0.15) is 6.04 Å². The van der Waals surface area contributed by atoms with Gasteiger partial charge in [0.2, 0.25) is 12.7 Å². The second-order valence-corrected chi connectivity index (χ2v) is 6.76. The summed E-state index contributed by atoms with van der Waals surface area (Å²) in [5.41, 5.74) is 5.79. The van der Waals surface area contributed by atoms with Crippen molar-refractivity contribution in [2.24, 2.45) is 0 Å². The molecule has 10 nitrogen and oxygen atoms in total. The highest BCUT2D eigenvalue weighted by molar-refractivity contribution is 5.95. The van der Waals surface area contributed by atoms with Gasteiger partial charge >= 0.3 is 0 Å². The fourth-order valence-corrected chi connectivity index (χ4v) is 3.37. The van der Waals surface area contributed by atoms with Crippen LogP contribution in [-0.2, 0) is 22.7 Å². The molecule has 29 heavy (non-hydrogen) atoms. The Hall–Kier alpha value is -3.56. The van der Waals surface area contributed by atoms with Gasteiger partial charge in [0.25, 0.3) is 11.8 Å². The van der Waals surface area contributed by atoms with Crippen LogP contribution in [0.1, 0.15) is 35.8 Å². The topological polar surface area (TPSA) is 115 Å². The highest BCUT2D eigenvalue weighted by Crippen LogP contribution is 2.33. The Morgan fingerprint density at radius 3 is 2.83 bits per heavy atom. The summed E-state index contributed by atoms with van der Waals surface area (Å²) in [6.07, 6.45) is 2.34. The van der Waals surface area contributed by atoms with Crippen LogP contribution >= 0.6 is 0 Å². The Labute approximate surface area is 166 Å². The average Bonchev–Trinajstić information content (AvgIpc) is 3.46. The van der Waals surface area contributed by atoms with Crippen molar-refractivity contribution in [2.45, 2.75) is 38.9 Å². The third-order valence-corrected chi connectivity index (χ3v) is 4.92. The molecular weight excluding hydrogens is 378 g/mol. The monoisotopic (exact) mass is 399 g/mol. The smallest absolute Gasteiger partial charge is 0.290 e. The molecule has 152 valence electrons. The molecule has 0 radical (unpaired) electrons. The molecule has 2 N–H and O–H groups in total. The summed E-state index contributed by atoms with van der Waals surface area (Å²) < 4.78 is 12.3.